The van der Waals surface area contributed by atoms with Gasteiger partial charge < -0.3 is 16.4 Å². The lowest BCUT2D eigenvalue weighted by Crippen LogP contribution is -2.20. The summed E-state index contributed by atoms with van der Waals surface area (Å²) in [7, 11) is 0. The molecule has 0 aliphatic rings. The first-order chi connectivity index (χ1) is 11.7. The first kappa shape index (κ1) is 18.5. The fraction of sp³-hybridized carbons (Fsp3) is 0.312. The number of hydrogen-bond donors (Lipinski definition) is 3. The molecule has 134 valence electrons. The maximum absolute atomic E-state index is 13.0. The van der Waals surface area contributed by atoms with Crippen LogP contribution in [0.2, 0.25) is 0 Å². The second-order valence-electron chi connectivity index (χ2n) is 5.49. The summed E-state index contributed by atoms with van der Waals surface area (Å²) in [6, 6.07) is 6.54. The zero-order valence-corrected chi connectivity index (χ0v) is 13.7. The SMILES string of the molecule is CC[C@H](C)Nc1nc(NC(=O)c2ccc(N)cc2)cc(C(F)(F)F)n1. The molecule has 6 nitrogen and oxygen atoms in total. The monoisotopic (exact) mass is 353 g/mol. The van der Waals surface area contributed by atoms with Crippen LogP contribution in [0.15, 0.2) is 30.3 Å². The van der Waals surface area contributed by atoms with Crippen LogP contribution >= 0.6 is 0 Å². The lowest BCUT2D eigenvalue weighted by atomic mass is 10.2. The zero-order chi connectivity index (χ0) is 18.6. The summed E-state index contributed by atoms with van der Waals surface area (Å²) in [6.45, 7) is 3.66. The van der Waals surface area contributed by atoms with Crippen LogP contribution in [0.25, 0.3) is 0 Å². The molecular formula is C16H18F3N5O. The molecule has 25 heavy (non-hydrogen) atoms. The van der Waals surface area contributed by atoms with Crippen LogP contribution in [0.5, 0.6) is 0 Å². The maximum atomic E-state index is 13.0. The largest absolute Gasteiger partial charge is 0.433 e. The molecule has 0 aliphatic heterocycles. The molecule has 0 bridgehead atoms. The third kappa shape index (κ3) is 5.07. The van der Waals surface area contributed by atoms with Gasteiger partial charge in [0.2, 0.25) is 5.95 Å². The summed E-state index contributed by atoms with van der Waals surface area (Å²) in [5, 5.41) is 5.13. The Morgan fingerprint density at radius 3 is 2.44 bits per heavy atom. The van der Waals surface area contributed by atoms with Crippen molar-refractivity contribution in [3.8, 4) is 0 Å². The summed E-state index contributed by atoms with van der Waals surface area (Å²) < 4.78 is 39.1. The van der Waals surface area contributed by atoms with Crippen LogP contribution in [-0.2, 0) is 6.18 Å². The molecule has 1 aromatic heterocycles. The van der Waals surface area contributed by atoms with Crippen LogP contribution in [0, 0.1) is 0 Å². The predicted octanol–water partition coefficient (Wildman–Crippen LogP) is 3.54. The molecule has 2 aromatic rings. The lowest BCUT2D eigenvalue weighted by molar-refractivity contribution is -0.141. The molecule has 1 amide bonds. The number of benzene rings is 1. The summed E-state index contributed by atoms with van der Waals surface area (Å²) in [6.07, 6.45) is -3.98. The topological polar surface area (TPSA) is 92.9 Å². The second-order valence-corrected chi connectivity index (χ2v) is 5.49. The van der Waals surface area contributed by atoms with E-state index >= 15 is 0 Å². The van der Waals surface area contributed by atoms with Gasteiger partial charge in [-0.15, -0.1) is 0 Å². The molecule has 0 saturated heterocycles. The van der Waals surface area contributed by atoms with E-state index in [0.29, 0.717) is 18.2 Å². The van der Waals surface area contributed by atoms with E-state index < -0.39 is 17.8 Å². The summed E-state index contributed by atoms with van der Waals surface area (Å²) in [4.78, 5) is 19.6. The van der Waals surface area contributed by atoms with E-state index in [1.165, 1.54) is 24.3 Å². The van der Waals surface area contributed by atoms with Gasteiger partial charge in [0, 0.05) is 23.4 Å². The van der Waals surface area contributed by atoms with Crippen LogP contribution in [-0.4, -0.2) is 21.9 Å². The maximum Gasteiger partial charge on any atom is 0.433 e. The molecule has 1 aromatic carbocycles. The number of nitrogens with zero attached hydrogens (tertiary/aromatic N) is 2. The number of halogens is 3. The minimum atomic E-state index is -4.66. The van der Waals surface area contributed by atoms with Crippen molar-refractivity contribution in [3.63, 3.8) is 0 Å². The fourth-order valence-electron chi connectivity index (χ4n) is 1.87. The van der Waals surface area contributed by atoms with Gasteiger partial charge in [0.15, 0.2) is 5.69 Å². The Morgan fingerprint density at radius 2 is 1.88 bits per heavy atom. The minimum absolute atomic E-state index is 0.121. The van der Waals surface area contributed by atoms with Gasteiger partial charge in [0.1, 0.15) is 5.82 Å². The van der Waals surface area contributed by atoms with Crippen LogP contribution in [0.3, 0.4) is 0 Å². The highest BCUT2D eigenvalue weighted by molar-refractivity contribution is 6.04. The number of nitrogens with one attached hydrogen (secondary N) is 2. The van der Waals surface area contributed by atoms with Crippen molar-refractivity contribution < 1.29 is 18.0 Å². The first-order valence-corrected chi connectivity index (χ1v) is 7.58. The molecule has 0 unspecified atom stereocenters. The molecule has 0 radical (unpaired) electrons. The average Bonchev–Trinajstić information content (AvgIpc) is 2.54. The molecule has 0 fully saturated rings. The third-order valence-corrected chi connectivity index (χ3v) is 3.42. The number of alkyl halides is 3. The molecular weight excluding hydrogens is 335 g/mol. The van der Waals surface area contributed by atoms with Crippen molar-refractivity contribution in [2.24, 2.45) is 0 Å². The van der Waals surface area contributed by atoms with E-state index in [1.807, 2.05) is 6.92 Å². The zero-order valence-electron chi connectivity index (χ0n) is 13.7. The molecule has 2 rings (SSSR count). The summed E-state index contributed by atoms with van der Waals surface area (Å²) in [5.74, 6) is -1.03. The molecule has 4 N–H and O–H groups in total. The quantitative estimate of drug-likeness (QED) is 0.715. The highest BCUT2D eigenvalue weighted by Gasteiger charge is 2.34. The minimum Gasteiger partial charge on any atom is -0.399 e. The Morgan fingerprint density at radius 1 is 1.24 bits per heavy atom. The van der Waals surface area contributed by atoms with E-state index in [-0.39, 0.29) is 23.4 Å². The highest BCUT2D eigenvalue weighted by atomic mass is 19.4. The Bertz CT molecular complexity index is 746. The first-order valence-electron chi connectivity index (χ1n) is 7.58. The highest BCUT2D eigenvalue weighted by Crippen LogP contribution is 2.30. The van der Waals surface area contributed by atoms with Crippen molar-refractivity contribution in [1.82, 2.24) is 9.97 Å². The number of nitrogens with two attached hydrogens (primary N) is 1. The van der Waals surface area contributed by atoms with E-state index in [0.717, 1.165) is 0 Å². The average molecular weight is 353 g/mol. The molecule has 1 heterocycles. The van der Waals surface area contributed by atoms with Gasteiger partial charge in [-0.05, 0) is 37.6 Å². The van der Waals surface area contributed by atoms with Crippen LogP contribution in [0.4, 0.5) is 30.6 Å². The van der Waals surface area contributed by atoms with Crippen molar-refractivity contribution in [1.29, 1.82) is 0 Å². The van der Waals surface area contributed by atoms with Crippen molar-refractivity contribution in [3.05, 3.63) is 41.6 Å². The third-order valence-electron chi connectivity index (χ3n) is 3.42. The number of carbonyl (C=O) groups is 1. The standard InChI is InChI=1S/C16H18F3N5O/c1-3-9(2)21-15-22-12(16(17,18)19)8-13(24-15)23-14(25)10-4-6-11(20)7-5-10/h4-9H,3,20H2,1-2H3,(H2,21,22,23,24,25)/t9-/m0/s1. The molecule has 0 aliphatic carbocycles. The van der Waals surface area contributed by atoms with Crippen molar-refractivity contribution in [2.75, 3.05) is 16.4 Å². The Labute approximate surface area is 142 Å². The van der Waals surface area contributed by atoms with Gasteiger partial charge in [-0.1, -0.05) is 6.92 Å². The van der Waals surface area contributed by atoms with Gasteiger partial charge in [-0.3, -0.25) is 4.79 Å². The second kappa shape index (κ2) is 7.37. The Kier molecular flexibility index (Phi) is 5.45. The Hall–Kier alpha value is -2.84. The number of aromatic nitrogens is 2. The van der Waals surface area contributed by atoms with Gasteiger partial charge in [0.05, 0.1) is 0 Å². The number of nitrogen functional groups attached to an aromatic ring is 1. The van der Waals surface area contributed by atoms with Gasteiger partial charge in [-0.25, -0.2) is 4.98 Å². The number of anilines is 3. The van der Waals surface area contributed by atoms with Gasteiger partial charge >= 0.3 is 6.18 Å². The normalized spacial score (nSPS) is 12.5. The lowest BCUT2D eigenvalue weighted by Gasteiger charge is -2.15. The fourth-order valence-corrected chi connectivity index (χ4v) is 1.87. The van der Waals surface area contributed by atoms with Crippen molar-refractivity contribution in [2.45, 2.75) is 32.5 Å². The molecule has 9 heteroatoms. The van der Waals surface area contributed by atoms with Crippen LogP contribution < -0.4 is 16.4 Å². The van der Waals surface area contributed by atoms with E-state index in [2.05, 4.69) is 20.6 Å². The summed E-state index contributed by atoms with van der Waals surface area (Å²) in [5.41, 5.74) is 5.12. The van der Waals surface area contributed by atoms with Gasteiger partial charge in [-0.2, -0.15) is 18.2 Å². The molecule has 1 atom stereocenters. The smallest absolute Gasteiger partial charge is 0.399 e. The molecule has 0 spiro atoms. The van der Waals surface area contributed by atoms with Gasteiger partial charge in [0.25, 0.3) is 5.91 Å². The van der Waals surface area contributed by atoms with E-state index in [1.54, 1.807) is 6.92 Å². The van der Waals surface area contributed by atoms with E-state index in [4.69, 9.17) is 5.73 Å². The predicted molar refractivity (Wildman–Crippen MR) is 89.2 cm³/mol. The number of rotatable bonds is 5. The van der Waals surface area contributed by atoms with Crippen molar-refractivity contribution >= 4 is 23.4 Å². The number of hydrogen-bond acceptors (Lipinski definition) is 5. The van der Waals surface area contributed by atoms with E-state index in [9.17, 15) is 18.0 Å². The Balaban J connectivity index is 2.30. The number of carbonyl (C=O) groups excluding carboxylic acids is 1. The number of amides is 1. The van der Waals surface area contributed by atoms with Crippen LogP contribution in [0.1, 0.15) is 36.3 Å². The summed E-state index contributed by atoms with van der Waals surface area (Å²) >= 11 is 0. The molecule has 0 saturated carbocycles.